The van der Waals surface area contributed by atoms with Crippen molar-refractivity contribution >= 4 is 11.9 Å². The summed E-state index contributed by atoms with van der Waals surface area (Å²) < 4.78 is 88.5. The third-order valence-electron chi connectivity index (χ3n) is 3.98. The Morgan fingerprint density at radius 3 is 1.35 bits per heavy atom. The summed E-state index contributed by atoms with van der Waals surface area (Å²) in [6.45, 7) is 1.34. The molecule has 2 aromatic rings. The van der Waals surface area contributed by atoms with Crippen LogP contribution in [0.3, 0.4) is 0 Å². The average molecular weight is 454 g/mol. The largest absolute Gasteiger partial charge is 0.481 e. The van der Waals surface area contributed by atoms with Crippen molar-refractivity contribution < 1.29 is 50.5 Å². The maximum Gasteiger partial charge on any atom is 0.422 e. The summed E-state index contributed by atoms with van der Waals surface area (Å²) in [5.74, 6) is -6.93. The average Bonchev–Trinajstić information content (AvgIpc) is 2.61. The summed E-state index contributed by atoms with van der Waals surface area (Å²) in [5, 5.41) is 16.7. The third kappa shape index (κ3) is 8.27. The molecule has 11 heteroatoms. The van der Waals surface area contributed by atoms with Crippen LogP contribution in [0.4, 0.5) is 30.7 Å². The molecule has 0 unspecified atom stereocenters. The van der Waals surface area contributed by atoms with Crippen molar-refractivity contribution in [3.05, 3.63) is 69.8 Å². The number of hydrogen-bond donors (Lipinski definition) is 2. The van der Waals surface area contributed by atoms with Crippen molar-refractivity contribution in [2.75, 3.05) is 0 Å². The van der Waals surface area contributed by atoms with Gasteiger partial charge in [-0.1, -0.05) is 0 Å². The first-order valence-corrected chi connectivity index (χ1v) is 8.65. The maximum absolute atomic E-state index is 13.0. The summed E-state index contributed by atoms with van der Waals surface area (Å²) in [6.07, 6.45) is -5.74. The summed E-state index contributed by atoms with van der Waals surface area (Å²) in [7, 11) is 0. The molecule has 0 saturated heterocycles. The highest BCUT2D eigenvalue weighted by Crippen LogP contribution is 2.34. The minimum atomic E-state index is -5.11. The first-order chi connectivity index (χ1) is 14.2. The standard InChI is InChI=1S/C10H7F5O2.C10H10F2O2/c11-6-3-5(1-2-8(16)17)4-7(12)9(6)10(13,14)15;1-6-8(11)4-7(5-9(6)12)2-3-10(13)14/h3-4H,1-2H2,(H,16,17);4-5H,2-3H2,1H3,(H,13,14). The van der Waals surface area contributed by atoms with E-state index in [9.17, 15) is 40.3 Å². The van der Waals surface area contributed by atoms with Crippen molar-refractivity contribution in [3.63, 3.8) is 0 Å². The summed E-state index contributed by atoms with van der Waals surface area (Å²) in [6, 6.07) is 3.33. The van der Waals surface area contributed by atoms with E-state index in [2.05, 4.69) is 0 Å². The number of alkyl halides is 3. The number of carboxylic acid groups (broad SMARTS) is 2. The fourth-order valence-corrected chi connectivity index (χ4v) is 2.39. The fourth-order valence-electron chi connectivity index (χ4n) is 2.39. The zero-order valence-electron chi connectivity index (χ0n) is 16.0. The Morgan fingerprint density at radius 1 is 0.742 bits per heavy atom. The molecule has 0 heterocycles. The topological polar surface area (TPSA) is 74.6 Å². The van der Waals surface area contributed by atoms with Gasteiger partial charge in [-0.3, -0.25) is 9.59 Å². The molecule has 0 aromatic heterocycles. The Balaban J connectivity index is 0.000000316. The van der Waals surface area contributed by atoms with Gasteiger partial charge in [-0.15, -0.1) is 0 Å². The van der Waals surface area contributed by atoms with E-state index in [1.165, 1.54) is 19.1 Å². The van der Waals surface area contributed by atoms with Crippen LogP contribution in [0.2, 0.25) is 0 Å². The second-order valence-corrected chi connectivity index (χ2v) is 6.40. The summed E-state index contributed by atoms with van der Waals surface area (Å²) in [4.78, 5) is 20.4. The highest BCUT2D eigenvalue weighted by Gasteiger charge is 2.37. The minimum absolute atomic E-state index is 0.0379. The van der Waals surface area contributed by atoms with E-state index in [1.807, 2.05) is 0 Å². The molecule has 0 fully saturated rings. The molecular formula is C20H17F7O4. The van der Waals surface area contributed by atoms with Gasteiger partial charge in [0.15, 0.2) is 0 Å². The first kappa shape index (κ1) is 25.9. The molecule has 0 aliphatic rings. The molecular weight excluding hydrogens is 437 g/mol. The predicted molar refractivity (Wildman–Crippen MR) is 94.4 cm³/mol. The quantitative estimate of drug-likeness (QED) is 0.582. The molecule has 0 saturated carbocycles. The number of benzene rings is 2. The van der Waals surface area contributed by atoms with Crippen LogP contribution in [-0.4, -0.2) is 22.2 Å². The Labute approximate surface area is 171 Å². The van der Waals surface area contributed by atoms with Crippen LogP contribution in [0.15, 0.2) is 24.3 Å². The number of aliphatic carboxylic acids is 2. The Hall–Kier alpha value is -3.11. The SMILES string of the molecule is Cc1c(F)cc(CCC(=O)O)cc1F.O=C(O)CCc1cc(F)c(C(F)(F)F)c(F)c1. The molecule has 0 atom stereocenters. The lowest BCUT2D eigenvalue weighted by Gasteiger charge is -2.10. The lowest BCUT2D eigenvalue weighted by molar-refractivity contribution is -0.142. The second kappa shape index (κ2) is 10.8. The molecule has 4 nitrogen and oxygen atoms in total. The number of hydrogen-bond acceptors (Lipinski definition) is 2. The van der Waals surface area contributed by atoms with Gasteiger partial charge in [-0.2, -0.15) is 13.2 Å². The van der Waals surface area contributed by atoms with E-state index in [0.717, 1.165) is 0 Å². The number of halogens is 7. The van der Waals surface area contributed by atoms with Crippen molar-refractivity contribution in [2.24, 2.45) is 0 Å². The maximum atomic E-state index is 13.0. The fraction of sp³-hybridized carbons (Fsp3) is 0.300. The molecule has 2 rings (SSSR count). The molecule has 2 N–H and O–H groups in total. The van der Waals surface area contributed by atoms with Gasteiger partial charge in [0, 0.05) is 18.4 Å². The first-order valence-electron chi connectivity index (χ1n) is 8.65. The van der Waals surface area contributed by atoms with E-state index < -0.39 is 53.4 Å². The lowest BCUT2D eigenvalue weighted by atomic mass is 10.1. The smallest absolute Gasteiger partial charge is 0.422 e. The van der Waals surface area contributed by atoms with Gasteiger partial charge in [0.25, 0.3) is 0 Å². The van der Waals surface area contributed by atoms with E-state index in [-0.39, 0.29) is 30.4 Å². The molecule has 31 heavy (non-hydrogen) atoms. The second-order valence-electron chi connectivity index (χ2n) is 6.40. The highest BCUT2D eigenvalue weighted by atomic mass is 19.4. The monoisotopic (exact) mass is 454 g/mol. The molecule has 0 aliphatic heterocycles. The Bertz CT molecular complexity index is 909. The van der Waals surface area contributed by atoms with Crippen LogP contribution in [-0.2, 0) is 28.6 Å². The molecule has 170 valence electrons. The molecule has 0 radical (unpaired) electrons. The van der Waals surface area contributed by atoms with Crippen LogP contribution in [0.1, 0.15) is 35.1 Å². The van der Waals surface area contributed by atoms with Crippen molar-refractivity contribution in [1.82, 2.24) is 0 Å². The third-order valence-corrected chi connectivity index (χ3v) is 3.98. The zero-order valence-corrected chi connectivity index (χ0v) is 16.0. The number of aryl methyl sites for hydroxylation is 2. The predicted octanol–water partition coefficient (Wildman–Crippen LogP) is 5.29. The molecule has 0 spiro atoms. The van der Waals surface area contributed by atoms with Gasteiger partial charge in [-0.25, -0.2) is 17.6 Å². The number of rotatable bonds is 6. The number of carbonyl (C=O) groups is 2. The van der Waals surface area contributed by atoms with E-state index in [0.29, 0.717) is 17.7 Å². The van der Waals surface area contributed by atoms with Gasteiger partial charge >= 0.3 is 18.1 Å². The van der Waals surface area contributed by atoms with Crippen LogP contribution in [0.25, 0.3) is 0 Å². The minimum Gasteiger partial charge on any atom is -0.481 e. The van der Waals surface area contributed by atoms with Crippen LogP contribution >= 0.6 is 0 Å². The van der Waals surface area contributed by atoms with Gasteiger partial charge < -0.3 is 10.2 Å². The Kier molecular flexibility index (Phi) is 9.02. The lowest BCUT2D eigenvalue weighted by Crippen LogP contribution is -2.12. The summed E-state index contributed by atoms with van der Waals surface area (Å²) >= 11 is 0. The van der Waals surface area contributed by atoms with Gasteiger partial charge in [0.05, 0.1) is 0 Å². The van der Waals surface area contributed by atoms with Crippen molar-refractivity contribution in [2.45, 2.75) is 38.8 Å². The van der Waals surface area contributed by atoms with Crippen molar-refractivity contribution in [1.29, 1.82) is 0 Å². The van der Waals surface area contributed by atoms with Gasteiger partial charge in [0.2, 0.25) is 0 Å². The zero-order chi connectivity index (χ0) is 23.9. The normalized spacial score (nSPS) is 11.0. The molecule has 0 bridgehead atoms. The van der Waals surface area contributed by atoms with Crippen molar-refractivity contribution in [3.8, 4) is 0 Å². The molecule has 0 aliphatic carbocycles. The molecule has 0 amide bonds. The highest BCUT2D eigenvalue weighted by molar-refractivity contribution is 5.67. The summed E-state index contributed by atoms with van der Waals surface area (Å²) in [5.41, 5.74) is -1.76. The van der Waals surface area contributed by atoms with Crippen LogP contribution in [0, 0.1) is 30.2 Å². The van der Waals surface area contributed by atoms with E-state index in [4.69, 9.17) is 10.2 Å². The van der Waals surface area contributed by atoms with E-state index in [1.54, 1.807) is 0 Å². The van der Waals surface area contributed by atoms with Crippen LogP contribution < -0.4 is 0 Å². The van der Waals surface area contributed by atoms with E-state index >= 15 is 0 Å². The van der Waals surface area contributed by atoms with Gasteiger partial charge in [0.1, 0.15) is 28.8 Å². The molecule has 2 aromatic carbocycles. The number of carboxylic acids is 2. The Morgan fingerprint density at radius 2 is 1.06 bits per heavy atom. The van der Waals surface area contributed by atoms with Crippen LogP contribution in [0.5, 0.6) is 0 Å². The van der Waals surface area contributed by atoms with Gasteiger partial charge in [-0.05, 0) is 55.2 Å².